The van der Waals surface area contributed by atoms with Crippen LogP contribution in [0.4, 0.5) is 25.5 Å². The van der Waals surface area contributed by atoms with Crippen LogP contribution < -0.4 is 15.1 Å². The molecule has 2 fully saturated rings. The van der Waals surface area contributed by atoms with Crippen LogP contribution in [0.15, 0.2) is 35.1 Å². The lowest BCUT2D eigenvalue weighted by Gasteiger charge is -2.37. The topological polar surface area (TPSA) is 130 Å². The van der Waals surface area contributed by atoms with Gasteiger partial charge in [-0.3, -0.25) is 4.79 Å². The summed E-state index contributed by atoms with van der Waals surface area (Å²) in [5.74, 6) is -0.762. The van der Waals surface area contributed by atoms with Gasteiger partial charge in [-0.2, -0.15) is 4.98 Å². The third-order valence-electron chi connectivity index (χ3n) is 8.27. The molecule has 0 spiro atoms. The van der Waals surface area contributed by atoms with Crippen molar-refractivity contribution < 1.29 is 27.6 Å². The summed E-state index contributed by atoms with van der Waals surface area (Å²) < 4.78 is 39.9. The SMILES string of the molecule is CCN(C(=O)c1cnc(N2CC(NC(=O)OC(C)(C)C)C(c3cc(F)ccc3F)C2)nc1)C1CCN(c2nc(C(C)C)no2)CC1. The molecule has 0 bridgehead atoms. The zero-order valence-corrected chi connectivity index (χ0v) is 27.2. The minimum Gasteiger partial charge on any atom is -0.444 e. The Morgan fingerprint density at radius 1 is 1.11 bits per heavy atom. The molecule has 46 heavy (non-hydrogen) atoms. The van der Waals surface area contributed by atoms with E-state index in [4.69, 9.17) is 9.26 Å². The Hall–Kier alpha value is -4.36. The van der Waals surface area contributed by atoms with Gasteiger partial charge < -0.3 is 29.3 Å². The average molecular weight is 641 g/mol. The molecule has 4 heterocycles. The quantitative estimate of drug-likeness (QED) is 0.363. The minimum atomic E-state index is -0.734. The fourth-order valence-electron chi connectivity index (χ4n) is 5.97. The van der Waals surface area contributed by atoms with Gasteiger partial charge >= 0.3 is 12.1 Å². The molecule has 2 amide bonds. The molecular weight excluding hydrogens is 598 g/mol. The second-order valence-electron chi connectivity index (χ2n) is 13.1. The van der Waals surface area contributed by atoms with E-state index in [0.717, 1.165) is 31.0 Å². The van der Waals surface area contributed by atoms with E-state index in [9.17, 15) is 18.4 Å². The van der Waals surface area contributed by atoms with E-state index in [1.165, 1.54) is 12.4 Å². The molecule has 3 aromatic rings. The van der Waals surface area contributed by atoms with Gasteiger partial charge in [0, 0.05) is 63.0 Å². The smallest absolute Gasteiger partial charge is 0.407 e. The predicted octanol–water partition coefficient (Wildman–Crippen LogP) is 4.89. The summed E-state index contributed by atoms with van der Waals surface area (Å²) in [5.41, 5.74) is -0.246. The number of alkyl carbamates (subject to hydrolysis) is 1. The summed E-state index contributed by atoms with van der Waals surface area (Å²) in [4.78, 5) is 45.3. The zero-order chi connectivity index (χ0) is 33.2. The molecule has 1 N–H and O–H groups in total. The van der Waals surface area contributed by atoms with Crippen molar-refractivity contribution in [3.8, 4) is 0 Å². The van der Waals surface area contributed by atoms with Crippen molar-refractivity contribution in [2.24, 2.45) is 0 Å². The summed E-state index contributed by atoms with van der Waals surface area (Å²) in [5, 5.41) is 6.87. The lowest BCUT2D eigenvalue weighted by Crippen LogP contribution is -2.47. The second kappa shape index (κ2) is 13.6. The first-order valence-corrected chi connectivity index (χ1v) is 15.7. The number of amides is 2. The zero-order valence-electron chi connectivity index (χ0n) is 27.2. The minimum absolute atomic E-state index is 0.0288. The van der Waals surface area contributed by atoms with Gasteiger partial charge in [-0.25, -0.2) is 23.5 Å². The molecule has 248 valence electrons. The highest BCUT2D eigenvalue weighted by molar-refractivity contribution is 5.94. The van der Waals surface area contributed by atoms with Crippen molar-refractivity contribution in [2.75, 3.05) is 42.5 Å². The Morgan fingerprint density at radius 2 is 1.80 bits per heavy atom. The maximum Gasteiger partial charge on any atom is 0.407 e. The summed E-state index contributed by atoms with van der Waals surface area (Å²) in [6, 6.07) is 3.20. The third kappa shape index (κ3) is 7.53. The summed E-state index contributed by atoms with van der Waals surface area (Å²) in [6.07, 6.45) is 3.80. The highest BCUT2D eigenvalue weighted by atomic mass is 19.1. The lowest BCUT2D eigenvalue weighted by atomic mass is 9.94. The van der Waals surface area contributed by atoms with Gasteiger partial charge in [0.05, 0.1) is 11.6 Å². The highest BCUT2D eigenvalue weighted by Crippen LogP contribution is 2.32. The number of benzene rings is 1. The standard InChI is InChI=1S/C32H42F2N8O4/c1-7-42(22-10-12-40(13-11-22)30-38-27(19(2)3)39-46-30)28(43)20-15-35-29(36-16-20)41-17-24(23-14-21(33)8-9-25(23)34)26(18-41)37-31(44)45-32(4,5)6/h8-9,14-16,19,22,24,26H,7,10-13,17-18H2,1-6H3,(H,37,44). The van der Waals surface area contributed by atoms with Crippen molar-refractivity contribution in [3.63, 3.8) is 0 Å². The van der Waals surface area contributed by atoms with Crippen LogP contribution >= 0.6 is 0 Å². The summed E-state index contributed by atoms with van der Waals surface area (Å²) in [6.45, 7) is 13.5. The molecule has 12 nitrogen and oxygen atoms in total. The van der Waals surface area contributed by atoms with E-state index in [0.29, 0.717) is 43.0 Å². The van der Waals surface area contributed by atoms with E-state index in [1.54, 1.807) is 25.7 Å². The number of carbonyl (C=O) groups excluding carboxylic acids is 2. The van der Waals surface area contributed by atoms with Crippen LogP contribution in [0, 0.1) is 11.6 Å². The van der Waals surface area contributed by atoms with Crippen molar-refractivity contribution in [1.29, 1.82) is 0 Å². The van der Waals surface area contributed by atoms with Gasteiger partial charge in [-0.1, -0.05) is 19.0 Å². The molecule has 0 saturated carbocycles. The molecule has 1 aromatic carbocycles. The van der Waals surface area contributed by atoms with Gasteiger partial charge in [0.2, 0.25) is 5.95 Å². The molecule has 5 rings (SSSR count). The van der Waals surface area contributed by atoms with E-state index < -0.39 is 35.3 Å². The Kier molecular flexibility index (Phi) is 9.73. The average Bonchev–Trinajstić information content (AvgIpc) is 3.67. The largest absolute Gasteiger partial charge is 0.444 e. The molecule has 0 aliphatic carbocycles. The van der Waals surface area contributed by atoms with Crippen LogP contribution in [0.2, 0.25) is 0 Å². The second-order valence-corrected chi connectivity index (χ2v) is 13.1. The maximum absolute atomic E-state index is 14.9. The maximum atomic E-state index is 14.9. The normalized spacial score (nSPS) is 19.1. The molecule has 2 saturated heterocycles. The number of carbonyl (C=O) groups is 2. The molecule has 2 unspecified atom stereocenters. The Morgan fingerprint density at radius 3 is 2.41 bits per heavy atom. The monoisotopic (exact) mass is 640 g/mol. The van der Waals surface area contributed by atoms with E-state index in [1.807, 2.05) is 25.7 Å². The molecule has 14 heteroatoms. The fraction of sp³-hybridized carbons (Fsp3) is 0.562. The first-order chi connectivity index (χ1) is 21.8. The van der Waals surface area contributed by atoms with Crippen molar-refractivity contribution in [1.82, 2.24) is 30.3 Å². The van der Waals surface area contributed by atoms with Gasteiger partial charge in [0.15, 0.2) is 5.82 Å². The van der Waals surface area contributed by atoms with Crippen LogP contribution in [0.5, 0.6) is 0 Å². The van der Waals surface area contributed by atoms with Gasteiger partial charge in [0.1, 0.15) is 17.2 Å². The number of aromatic nitrogens is 4. The number of ether oxygens (including phenoxy) is 1. The Bertz CT molecular complexity index is 1520. The summed E-state index contributed by atoms with van der Waals surface area (Å²) >= 11 is 0. The van der Waals surface area contributed by atoms with E-state index >= 15 is 0 Å². The number of rotatable bonds is 8. The van der Waals surface area contributed by atoms with E-state index in [-0.39, 0.29) is 36.5 Å². The van der Waals surface area contributed by atoms with Crippen LogP contribution in [0.25, 0.3) is 0 Å². The Balaban J connectivity index is 1.26. The van der Waals surface area contributed by atoms with Crippen LogP contribution in [-0.4, -0.2) is 87.4 Å². The highest BCUT2D eigenvalue weighted by Gasteiger charge is 2.39. The number of nitrogens with zero attached hydrogens (tertiary/aromatic N) is 7. The van der Waals surface area contributed by atoms with Gasteiger partial charge in [-0.15, -0.1) is 0 Å². The van der Waals surface area contributed by atoms with Crippen LogP contribution in [0.3, 0.4) is 0 Å². The molecule has 2 atom stereocenters. The number of halogens is 2. The Labute approximate surface area is 267 Å². The summed E-state index contributed by atoms with van der Waals surface area (Å²) in [7, 11) is 0. The first-order valence-electron chi connectivity index (χ1n) is 15.7. The number of hydrogen-bond acceptors (Lipinski definition) is 10. The first kappa shape index (κ1) is 33.0. The van der Waals surface area contributed by atoms with Crippen molar-refractivity contribution in [2.45, 2.75) is 83.9 Å². The number of hydrogen-bond donors (Lipinski definition) is 1. The third-order valence-corrected chi connectivity index (χ3v) is 8.27. The predicted molar refractivity (Wildman–Crippen MR) is 167 cm³/mol. The fourth-order valence-corrected chi connectivity index (χ4v) is 5.97. The van der Waals surface area contributed by atoms with Crippen LogP contribution in [-0.2, 0) is 4.74 Å². The van der Waals surface area contributed by atoms with Crippen molar-refractivity contribution in [3.05, 3.63) is 59.2 Å². The molecule has 2 aliphatic rings. The molecular formula is C32H42F2N8O4. The van der Waals surface area contributed by atoms with E-state index in [2.05, 4.69) is 30.3 Å². The number of nitrogens with one attached hydrogen (secondary N) is 1. The number of piperidine rings is 1. The lowest BCUT2D eigenvalue weighted by molar-refractivity contribution is 0.0504. The number of anilines is 2. The molecule has 2 aliphatic heterocycles. The van der Waals surface area contributed by atoms with Gasteiger partial charge in [0.25, 0.3) is 5.91 Å². The van der Waals surface area contributed by atoms with Crippen molar-refractivity contribution >= 4 is 24.0 Å². The van der Waals surface area contributed by atoms with Crippen LogP contribution in [0.1, 0.15) is 88.0 Å². The molecule has 0 radical (unpaired) electrons. The molecule has 2 aromatic heterocycles. The van der Waals surface area contributed by atoms with Gasteiger partial charge in [-0.05, 0) is 64.3 Å².